The van der Waals surface area contributed by atoms with Gasteiger partial charge >= 0.3 is 0 Å². The molecule has 0 aromatic heterocycles. The Morgan fingerprint density at radius 3 is 2.00 bits per heavy atom. The second-order valence-electron chi connectivity index (χ2n) is 6.30. The maximum absolute atomic E-state index is 12.6. The van der Waals surface area contributed by atoms with Crippen molar-refractivity contribution in [2.45, 2.75) is 31.3 Å². The summed E-state index contributed by atoms with van der Waals surface area (Å²) in [7, 11) is 0. The van der Waals surface area contributed by atoms with Gasteiger partial charge in [-0.25, -0.2) is 0 Å². The maximum atomic E-state index is 12.6. The molecule has 0 saturated carbocycles. The average Bonchev–Trinajstić information content (AvgIpc) is 3.09. The highest BCUT2D eigenvalue weighted by atomic mass is 16.3. The number of benzene rings is 2. The van der Waals surface area contributed by atoms with Gasteiger partial charge in [0.2, 0.25) is 11.8 Å². The van der Waals surface area contributed by atoms with Crippen LogP contribution < -0.4 is 9.80 Å². The summed E-state index contributed by atoms with van der Waals surface area (Å²) in [5.74, 6) is 0.121. The molecule has 2 fully saturated rings. The van der Waals surface area contributed by atoms with E-state index in [-0.39, 0.29) is 17.6 Å². The topological polar surface area (TPSA) is 60.9 Å². The predicted octanol–water partition coefficient (Wildman–Crippen LogP) is 3.04. The van der Waals surface area contributed by atoms with Gasteiger partial charge in [-0.05, 0) is 37.1 Å². The fourth-order valence-electron chi connectivity index (χ4n) is 3.95. The summed E-state index contributed by atoms with van der Waals surface area (Å²) < 4.78 is 0. The molecule has 1 spiro atoms. The summed E-state index contributed by atoms with van der Waals surface area (Å²) >= 11 is 0. The number of hydrogen-bond acceptors (Lipinski definition) is 3. The van der Waals surface area contributed by atoms with Gasteiger partial charge in [0.05, 0.1) is 0 Å². The van der Waals surface area contributed by atoms with E-state index in [1.165, 1.54) is 0 Å². The van der Waals surface area contributed by atoms with Crippen LogP contribution in [-0.4, -0.2) is 22.6 Å². The van der Waals surface area contributed by atoms with Crippen LogP contribution in [0.5, 0.6) is 5.75 Å². The fraction of sp³-hybridized carbons (Fsp3) is 0.263. The van der Waals surface area contributed by atoms with Crippen LogP contribution in [0.4, 0.5) is 11.4 Å². The minimum Gasteiger partial charge on any atom is -0.508 e. The molecule has 1 atom stereocenters. The molecule has 122 valence electrons. The quantitative estimate of drug-likeness (QED) is 0.924. The first-order valence-corrected chi connectivity index (χ1v) is 8.12. The Labute approximate surface area is 140 Å². The highest BCUT2D eigenvalue weighted by molar-refractivity contribution is 6.05. The van der Waals surface area contributed by atoms with Crippen LogP contribution >= 0.6 is 0 Å². The molecule has 1 N–H and O–H groups in total. The molecular weight excluding hydrogens is 304 g/mol. The summed E-state index contributed by atoms with van der Waals surface area (Å²) in [6, 6.07) is 16.2. The molecule has 24 heavy (non-hydrogen) atoms. The van der Waals surface area contributed by atoms with E-state index in [9.17, 15) is 14.7 Å². The van der Waals surface area contributed by atoms with Crippen LogP contribution in [0.2, 0.25) is 0 Å². The van der Waals surface area contributed by atoms with Crippen molar-refractivity contribution in [3.63, 3.8) is 0 Å². The Balaban J connectivity index is 1.85. The number of hydrogen-bond donors (Lipinski definition) is 1. The van der Waals surface area contributed by atoms with E-state index in [0.717, 1.165) is 5.69 Å². The molecular formula is C19H18N2O3. The zero-order chi connectivity index (χ0) is 16.7. The Bertz CT molecular complexity index is 801. The highest BCUT2D eigenvalue weighted by Gasteiger charge is 2.56. The third-order valence-electron chi connectivity index (χ3n) is 4.91. The summed E-state index contributed by atoms with van der Waals surface area (Å²) in [6.45, 7) is 0. The number of phenolic OH excluding ortho intramolecular Hbond substituents is 1. The van der Waals surface area contributed by atoms with E-state index in [0.29, 0.717) is 31.4 Å². The molecule has 2 aliphatic heterocycles. The lowest BCUT2D eigenvalue weighted by molar-refractivity contribution is -0.117. The molecule has 1 unspecified atom stereocenters. The van der Waals surface area contributed by atoms with Gasteiger partial charge in [-0.3, -0.25) is 19.4 Å². The summed E-state index contributed by atoms with van der Waals surface area (Å²) in [5.41, 5.74) is 0.761. The third kappa shape index (κ3) is 2.08. The van der Waals surface area contributed by atoms with Crippen molar-refractivity contribution < 1.29 is 14.7 Å². The van der Waals surface area contributed by atoms with Crippen molar-refractivity contribution in [3.05, 3.63) is 54.6 Å². The molecule has 2 amide bonds. The fourth-order valence-corrected chi connectivity index (χ4v) is 3.95. The van der Waals surface area contributed by atoms with Crippen LogP contribution in [0.1, 0.15) is 25.7 Å². The second-order valence-corrected chi connectivity index (χ2v) is 6.30. The van der Waals surface area contributed by atoms with Gasteiger partial charge in [-0.15, -0.1) is 0 Å². The number of aromatic hydroxyl groups is 1. The number of nitrogens with zero attached hydrogens (tertiary/aromatic N) is 2. The lowest BCUT2D eigenvalue weighted by Crippen LogP contribution is -2.56. The first-order valence-electron chi connectivity index (χ1n) is 8.12. The van der Waals surface area contributed by atoms with Crippen molar-refractivity contribution in [3.8, 4) is 5.75 Å². The average molecular weight is 322 g/mol. The molecule has 2 aromatic rings. The molecule has 0 radical (unpaired) electrons. The van der Waals surface area contributed by atoms with Gasteiger partial charge in [0.15, 0.2) is 0 Å². The number of anilines is 2. The normalized spacial score (nSPS) is 23.5. The Morgan fingerprint density at radius 1 is 0.792 bits per heavy atom. The van der Waals surface area contributed by atoms with E-state index in [1.807, 2.05) is 30.3 Å². The second kappa shape index (κ2) is 5.37. The summed E-state index contributed by atoms with van der Waals surface area (Å²) in [4.78, 5) is 28.7. The van der Waals surface area contributed by atoms with Crippen LogP contribution in [0.25, 0.3) is 0 Å². The van der Waals surface area contributed by atoms with Crippen molar-refractivity contribution in [2.75, 3.05) is 9.80 Å². The van der Waals surface area contributed by atoms with E-state index in [1.54, 1.807) is 34.1 Å². The van der Waals surface area contributed by atoms with E-state index in [4.69, 9.17) is 0 Å². The van der Waals surface area contributed by atoms with Crippen LogP contribution in [0.3, 0.4) is 0 Å². The van der Waals surface area contributed by atoms with Crippen molar-refractivity contribution >= 4 is 23.2 Å². The number of amides is 2. The molecule has 2 heterocycles. The number of carbonyl (C=O) groups excluding carboxylic acids is 2. The highest BCUT2D eigenvalue weighted by Crippen LogP contribution is 2.47. The molecule has 5 nitrogen and oxygen atoms in total. The molecule has 2 saturated heterocycles. The van der Waals surface area contributed by atoms with Gasteiger partial charge in [-0.2, -0.15) is 0 Å². The van der Waals surface area contributed by atoms with E-state index < -0.39 is 5.66 Å². The van der Waals surface area contributed by atoms with E-state index >= 15 is 0 Å². The van der Waals surface area contributed by atoms with Crippen LogP contribution in [0, 0.1) is 0 Å². The third-order valence-corrected chi connectivity index (χ3v) is 4.91. The van der Waals surface area contributed by atoms with E-state index in [2.05, 4.69) is 0 Å². The van der Waals surface area contributed by atoms with Crippen molar-refractivity contribution in [1.29, 1.82) is 0 Å². The maximum Gasteiger partial charge on any atom is 0.229 e. The number of rotatable bonds is 2. The molecule has 2 aromatic carbocycles. The first-order chi connectivity index (χ1) is 11.6. The lowest BCUT2D eigenvalue weighted by atomic mass is 10.0. The van der Waals surface area contributed by atoms with Gasteiger partial charge < -0.3 is 5.11 Å². The molecule has 4 rings (SSSR count). The molecule has 5 heteroatoms. The standard InChI is InChI=1S/C19H18N2O3/c22-16-8-4-7-15(13-16)21-18(24)10-12-19(21)11-9-17(23)20(19)14-5-2-1-3-6-14/h1-8,13,22H,9-12H2. The largest absolute Gasteiger partial charge is 0.508 e. The van der Waals surface area contributed by atoms with Gasteiger partial charge in [-0.1, -0.05) is 24.3 Å². The zero-order valence-electron chi connectivity index (χ0n) is 13.2. The van der Waals surface area contributed by atoms with Gasteiger partial charge in [0.25, 0.3) is 0 Å². The smallest absolute Gasteiger partial charge is 0.229 e. The minimum atomic E-state index is -0.677. The van der Waals surface area contributed by atoms with Crippen molar-refractivity contribution in [1.82, 2.24) is 0 Å². The summed E-state index contributed by atoms with van der Waals surface area (Å²) in [5, 5.41) is 9.81. The SMILES string of the molecule is O=C1CCC2(CCC(=O)N2c2cccc(O)c2)N1c1ccccc1. The summed E-state index contributed by atoms with van der Waals surface area (Å²) in [6.07, 6.45) is 2.01. The Hall–Kier alpha value is -2.82. The first kappa shape index (κ1) is 14.8. The van der Waals surface area contributed by atoms with Crippen LogP contribution in [-0.2, 0) is 9.59 Å². The van der Waals surface area contributed by atoms with Gasteiger partial charge in [0, 0.05) is 30.3 Å². The number of carbonyl (C=O) groups is 2. The number of phenols is 1. The molecule has 2 aliphatic rings. The minimum absolute atomic E-state index is 0.0174. The predicted molar refractivity (Wildman–Crippen MR) is 90.7 cm³/mol. The van der Waals surface area contributed by atoms with Crippen molar-refractivity contribution in [2.24, 2.45) is 0 Å². The number of para-hydroxylation sites is 1. The van der Waals surface area contributed by atoms with Gasteiger partial charge in [0.1, 0.15) is 11.4 Å². The molecule has 0 aliphatic carbocycles. The Morgan fingerprint density at radius 2 is 1.38 bits per heavy atom. The zero-order valence-corrected chi connectivity index (χ0v) is 13.2. The Kier molecular flexibility index (Phi) is 3.30. The molecule has 0 bridgehead atoms. The monoisotopic (exact) mass is 322 g/mol. The lowest BCUT2D eigenvalue weighted by Gasteiger charge is -2.42. The van der Waals surface area contributed by atoms with Crippen LogP contribution in [0.15, 0.2) is 54.6 Å².